The first-order valence-electron chi connectivity index (χ1n) is 6.85. The molecule has 1 aromatic carbocycles. The van der Waals surface area contributed by atoms with Crippen LogP contribution in [-0.4, -0.2) is 31.6 Å². The van der Waals surface area contributed by atoms with Crippen molar-refractivity contribution >= 4 is 29.1 Å². The van der Waals surface area contributed by atoms with E-state index in [2.05, 4.69) is 43.4 Å². The molecule has 0 heterocycles. The number of thioether (sulfide) groups is 1. The van der Waals surface area contributed by atoms with Gasteiger partial charge in [-0.25, -0.2) is 0 Å². The SMILES string of the molecule is CCNCc1cccc(Cl)c1N(C)C(CC)CSC. The molecule has 0 bridgehead atoms. The smallest absolute Gasteiger partial charge is 0.0642 e. The summed E-state index contributed by atoms with van der Waals surface area (Å²) in [6, 6.07) is 6.69. The molecule has 0 aliphatic carbocycles. The Labute approximate surface area is 126 Å². The van der Waals surface area contributed by atoms with Crippen molar-refractivity contribution in [3.63, 3.8) is 0 Å². The minimum absolute atomic E-state index is 0.523. The molecule has 0 aliphatic rings. The van der Waals surface area contributed by atoms with E-state index in [0.717, 1.165) is 30.3 Å². The summed E-state index contributed by atoms with van der Waals surface area (Å²) in [4.78, 5) is 2.34. The highest BCUT2D eigenvalue weighted by Crippen LogP contribution is 2.31. The Bertz CT molecular complexity index is 384. The van der Waals surface area contributed by atoms with Crippen molar-refractivity contribution in [2.24, 2.45) is 0 Å². The van der Waals surface area contributed by atoms with Crippen LogP contribution in [0.5, 0.6) is 0 Å². The molecule has 19 heavy (non-hydrogen) atoms. The molecule has 4 heteroatoms. The Morgan fingerprint density at radius 3 is 2.68 bits per heavy atom. The van der Waals surface area contributed by atoms with Crippen LogP contribution in [0.1, 0.15) is 25.8 Å². The number of hydrogen-bond donors (Lipinski definition) is 1. The zero-order valence-electron chi connectivity index (χ0n) is 12.4. The van der Waals surface area contributed by atoms with Gasteiger partial charge in [0.15, 0.2) is 0 Å². The molecular weight excluding hydrogens is 276 g/mol. The van der Waals surface area contributed by atoms with Gasteiger partial charge in [0.1, 0.15) is 0 Å². The minimum atomic E-state index is 0.523. The molecule has 1 rings (SSSR count). The summed E-state index contributed by atoms with van der Waals surface area (Å²) in [5, 5.41) is 4.23. The molecule has 0 aliphatic heterocycles. The molecule has 0 saturated heterocycles. The molecule has 108 valence electrons. The van der Waals surface area contributed by atoms with Crippen LogP contribution in [0, 0.1) is 0 Å². The van der Waals surface area contributed by atoms with E-state index in [1.807, 2.05) is 23.9 Å². The first kappa shape index (κ1) is 16.7. The van der Waals surface area contributed by atoms with Crippen LogP contribution in [0.3, 0.4) is 0 Å². The summed E-state index contributed by atoms with van der Waals surface area (Å²) >= 11 is 8.31. The zero-order chi connectivity index (χ0) is 14.3. The van der Waals surface area contributed by atoms with Gasteiger partial charge in [-0.2, -0.15) is 11.8 Å². The first-order valence-corrected chi connectivity index (χ1v) is 8.62. The zero-order valence-corrected chi connectivity index (χ0v) is 13.9. The summed E-state index contributed by atoms with van der Waals surface area (Å²) in [7, 11) is 2.15. The number of para-hydroxylation sites is 1. The molecule has 0 spiro atoms. The summed E-state index contributed by atoms with van der Waals surface area (Å²) in [6.45, 7) is 6.19. The summed E-state index contributed by atoms with van der Waals surface area (Å²) in [5.41, 5.74) is 2.45. The standard InChI is InChI=1S/C15H25ClN2S/c1-5-13(11-19-4)18(3)15-12(10-17-6-2)8-7-9-14(15)16/h7-9,13,17H,5-6,10-11H2,1-4H3. The third-order valence-electron chi connectivity index (χ3n) is 3.37. The van der Waals surface area contributed by atoms with Crippen LogP contribution in [-0.2, 0) is 6.54 Å². The first-order chi connectivity index (χ1) is 9.15. The van der Waals surface area contributed by atoms with Gasteiger partial charge >= 0.3 is 0 Å². The number of anilines is 1. The molecule has 1 unspecified atom stereocenters. The van der Waals surface area contributed by atoms with Gasteiger partial charge < -0.3 is 10.2 Å². The van der Waals surface area contributed by atoms with E-state index in [4.69, 9.17) is 11.6 Å². The van der Waals surface area contributed by atoms with Crippen molar-refractivity contribution in [1.82, 2.24) is 5.32 Å². The average Bonchev–Trinajstić information content (AvgIpc) is 2.41. The normalized spacial score (nSPS) is 12.5. The van der Waals surface area contributed by atoms with Crippen LogP contribution in [0.2, 0.25) is 5.02 Å². The number of nitrogens with zero attached hydrogens (tertiary/aromatic N) is 1. The fourth-order valence-electron chi connectivity index (χ4n) is 2.24. The van der Waals surface area contributed by atoms with E-state index in [1.54, 1.807) is 0 Å². The lowest BCUT2D eigenvalue weighted by molar-refractivity contribution is 0.663. The van der Waals surface area contributed by atoms with Gasteiger partial charge in [0, 0.05) is 25.4 Å². The van der Waals surface area contributed by atoms with E-state index in [0.29, 0.717) is 6.04 Å². The van der Waals surface area contributed by atoms with Crippen molar-refractivity contribution in [1.29, 1.82) is 0 Å². The quantitative estimate of drug-likeness (QED) is 0.780. The number of nitrogens with one attached hydrogen (secondary N) is 1. The van der Waals surface area contributed by atoms with Crippen LogP contribution in [0.4, 0.5) is 5.69 Å². The summed E-state index contributed by atoms with van der Waals surface area (Å²) < 4.78 is 0. The second-order valence-corrected chi connectivity index (χ2v) is 5.97. The van der Waals surface area contributed by atoms with Gasteiger partial charge in [0.2, 0.25) is 0 Å². The Morgan fingerprint density at radius 1 is 1.37 bits per heavy atom. The third kappa shape index (κ3) is 4.59. The van der Waals surface area contributed by atoms with Crippen molar-refractivity contribution in [2.75, 3.05) is 30.5 Å². The van der Waals surface area contributed by atoms with Crippen LogP contribution < -0.4 is 10.2 Å². The van der Waals surface area contributed by atoms with Crippen molar-refractivity contribution in [3.05, 3.63) is 28.8 Å². The Kier molecular flexibility index (Phi) is 7.66. The molecule has 0 aromatic heterocycles. The van der Waals surface area contributed by atoms with E-state index in [9.17, 15) is 0 Å². The van der Waals surface area contributed by atoms with Gasteiger partial charge in [0.25, 0.3) is 0 Å². The van der Waals surface area contributed by atoms with Gasteiger partial charge in [0.05, 0.1) is 10.7 Å². The van der Waals surface area contributed by atoms with E-state index < -0.39 is 0 Å². The molecule has 0 saturated carbocycles. The molecule has 0 radical (unpaired) electrons. The van der Waals surface area contributed by atoms with E-state index >= 15 is 0 Å². The minimum Gasteiger partial charge on any atom is -0.369 e. The molecule has 0 fully saturated rings. The van der Waals surface area contributed by atoms with Gasteiger partial charge in [-0.15, -0.1) is 0 Å². The lowest BCUT2D eigenvalue weighted by Crippen LogP contribution is -2.34. The molecule has 1 atom stereocenters. The lowest BCUT2D eigenvalue weighted by atomic mass is 10.1. The average molecular weight is 301 g/mol. The van der Waals surface area contributed by atoms with Crippen LogP contribution in [0.25, 0.3) is 0 Å². The molecule has 2 nitrogen and oxygen atoms in total. The van der Waals surface area contributed by atoms with E-state index in [1.165, 1.54) is 11.3 Å². The Hall–Kier alpha value is -0.380. The van der Waals surface area contributed by atoms with Crippen LogP contribution in [0.15, 0.2) is 18.2 Å². The highest BCUT2D eigenvalue weighted by atomic mass is 35.5. The van der Waals surface area contributed by atoms with Gasteiger partial charge in [-0.1, -0.05) is 37.6 Å². The van der Waals surface area contributed by atoms with Crippen molar-refractivity contribution in [2.45, 2.75) is 32.9 Å². The topological polar surface area (TPSA) is 15.3 Å². The molecular formula is C15H25ClN2S. The van der Waals surface area contributed by atoms with Crippen molar-refractivity contribution < 1.29 is 0 Å². The highest BCUT2D eigenvalue weighted by Gasteiger charge is 2.18. The third-order valence-corrected chi connectivity index (χ3v) is 4.39. The second-order valence-electron chi connectivity index (χ2n) is 4.66. The number of hydrogen-bond acceptors (Lipinski definition) is 3. The Morgan fingerprint density at radius 2 is 2.11 bits per heavy atom. The maximum absolute atomic E-state index is 6.43. The summed E-state index contributed by atoms with van der Waals surface area (Å²) in [5.74, 6) is 1.12. The number of rotatable bonds is 8. The molecule has 1 aromatic rings. The molecule has 0 amide bonds. The predicted molar refractivity (Wildman–Crippen MR) is 89.7 cm³/mol. The maximum Gasteiger partial charge on any atom is 0.0642 e. The Balaban J connectivity index is 3.01. The lowest BCUT2D eigenvalue weighted by Gasteiger charge is -2.31. The van der Waals surface area contributed by atoms with Gasteiger partial charge in [-0.05, 0) is 30.9 Å². The molecule has 1 N–H and O–H groups in total. The van der Waals surface area contributed by atoms with Gasteiger partial charge in [-0.3, -0.25) is 0 Å². The van der Waals surface area contributed by atoms with Crippen LogP contribution >= 0.6 is 23.4 Å². The maximum atomic E-state index is 6.43. The van der Waals surface area contributed by atoms with Crippen molar-refractivity contribution in [3.8, 4) is 0 Å². The van der Waals surface area contributed by atoms with E-state index in [-0.39, 0.29) is 0 Å². The number of benzene rings is 1. The predicted octanol–water partition coefficient (Wildman–Crippen LogP) is 4.03. The monoisotopic (exact) mass is 300 g/mol. The largest absolute Gasteiger partial charge is 0.369 e. The summed E-state index contributed by atoms with van der Waals surface area (Å²) in [6.07, 6.45) is 3.28. The second kappa shape index (κ2) is 8.72. The highest BCUT2D eigenvalue weighted by molar-refractivity contribution is 7.98. The fraction of sp³-hybridized carbons (Fsp3) is 0.600. The fourth-order valence-corrected chi connectivity index (χ4v) is 3.41. The number of halogens is 1.